The molecule has 7 nitrogen and oxygen atoms in total. The molecule has 1 amide bonds. The number of amides is 1. The molecule has 0 radical (unpaired) electrons. The normalized spacial score (nSPS) is 10.4. The van der Waals surface area contributed by atoms with Crippen molar-refractivity contribution < 1.29 is 19.0 Å². The molecule has 2 aromatic carbocycles. The molecule has 0 saturated heterocycles. The highest BCUT2D eigenvalue weighted by atomic mass is 32.1. The number of ether oxygens (including phenoxy) is 3. The summed E-state index contributed by atoms with van der Waals surface area (Å²) >= 11 is 6.60. The van der Waals surface area contributed by atoms with Crippen molar-refractivity contribution in [2.75, 3.05) is 31.9 Å². The van der Waals surface area contributed by atoms with Crippen LogP contribution in [0.3, 0.4) is 0 Å². The van der Waals surface area contributed by atoms with Gasteiger partial charge in [0, 0.05) is 6.07 Å². The quantitative estimate of drug-likeness (QED) is 0.535. The van der Waals surface area contributed by atoms with E-state index in [0.29, 0.717) is 44.1 Å². The van der Waals surface area contributed by atoms with Gasteiger partial charge in [-0.25, -0.2) is 0 Å². The summed E-state index contributed by atoms with van der Waals surface area (Å²) in [6, 6.07) is 12.5. The Kier molecular flexibility index (Phi) is 6.40. The van der Waals surface area contributed by atoms with Crippen molar-refractivity contribution in [3.05, 3.63) is 51.3 Å². The number of carbonyl (C=O) groups excluding carboxylic acids is 1. The number of benzene rings is 2. The lowest BCUT2D eigenvalue weighted by molar-refractivity contribution is 0.103. The van der Waals surface area contributed by atoms with E-state index in [1.54, 1.807) is 49.1 Å². The van der Waals surface area contributed by atoms with E-state index in [9.17, 15) is 4.79 Å². The van der Waals surface area contributed by atoms with Crippen LogP contribution < -0.4 is 25.3 Å². The summed E-state index contributed by atoms with van der Waals surface area (Å²) in [5.74, 6) is 1.61. The van der Waals surface area contributed by atoms with E-state index >= 15 is 0 Å². The van der Waals surface area contributed by atoms with Crippen LogP contribution in [0, 0.1) is 3.95 Å². The molecular weight excluding hydrogens is 410 g/mol. The standard InChI is InChI=1S/C20H21N3O4S2/c1-4-27-15-8-6-5-7-13(15)22-19(24)17-18(21)23(20(28)29-17)14-10-9-12(25-2)11-16(14)26-3/h5-11H,4,21H2,1-3H3,(H,22,24). The maximum absolute atomic E-state index is 12.9. The molecule has 0 aliphatic carbocycles. The number of hydrogen-bond donors (Lipinski definition) is 2. The number of nitrogens with zero attached hydrogens (tertiary/aromatic N) is 1. The van der Waals surface area contributed by atoms with Crippen LogP contribution in [-0.2, 0) is 0 Å². The van der Waals surface area contributed by atoms with E-state index < -0.39 is 0 Å². The Hall–Kier alpha value is -3.04. The van der Waals surface area contributed by atoms with Gasteiger partial charge in [0.25, 0.3) is 5.91 Å². The number of nitrogens with one attached hydrogen (secondary N) is 1. The zero-order valence-electron chi connectivity index (χ0n) is 16.2. The zero-order valence-corrected chi connectivity index (χ0v) is 17.9. The molecule has 152 valence electrons. The Morgan fingerprint density at radius 3 is 2.62 bits per heavy atom. The van der Waals surface area contributed by atoms with Crippen LogP contribution in [0.4, 0.5) is 11.5 Å². The first kappa shape index (κ1) is 20.7. The summed E-state index contributed by atoms with van der Waals surface area (Å²) in [6.07, 6.45) is 0. The molecule has 0 aliphatic heterocycles. The zero-order chi connectivity index (χ0) is 21.0. The van der Waals surface area contributed by atoms with Gasteiger partial charge in [-0.05, 0) is 43.4 Å². The summed E-state index contributed by atoms with van der Waals surface area (Å²) in [5.41, 5.74) is 7.50. The first-order valence-corrected chi connectivity index (χ1v) is 9.99. The average Bonchev–Trinajstić information content (AvgIpc) is 3.03. The minimum atomic E-state index is -0.364. The minimum Gasteiger partial charge on any atom is -0.497 e. The third kappa shape index (κ3) is 4.20. The van der Waals surface area contributed by atoms with Crippen molar-refractivity contribution in [1.82, 2.24) is 4.57 Å². The first-order valence-electron chi connectivity index (χ1n) is 8.77. The number of aromatic nitrogens is 1. The molecule has 3 N–H and O–H groups in total. The Balaban J connectivity index is 1.98. The van der Waals surface area contributed by atoms with E-state index in [1.807, 2.05) is 19.1 Å². The van der Waals surface area contributed by atoms with E-state index in [2.05, 4.69) is 5.32 Å². The van der Waals surface area contributed by atoms with Crippen LogP contribution in [0.25, 0.3) is 5.69 Å². The van der Waals surface area contributed by atoms with E-state index in [4.69, 9.17) is 32.2 Å². The Morgan fingerprint density at radius 1 is 1.17 bits per heavy atom. The molecule has 9 heteroatoms. The smallest absolute Gasteiger partial charge is 0.269 e. The van der Waals surface area contributed by atoms with Gasteiger partial charge in [-0.1, -0.05) is 23.5 Å². The largest absolute Gasteiger partial charge is 0.497 e. The van der Waals surface area contributed by atoms with Gasteiger partial charge >= 0.3 is 0 Å². The molecule has 0 bridgehead atoms. The molecule has 0 saturated carbocycles. The third-order valence-corrected chi connectivity index (χ3v) is 5.50. The third-order valence-electron chi connectivity index (χ3n) is 4.11. The highest BCUT2D eigenvalue weighted by Gasteiger charge is 2.21. The van der Waals surface area contributed by atoms with Crippen molar-refractivity contribution in [2.24, 2.45) is 0 Å². The van der Waals surface area contributed by atoms with E-state index in [1.165, 1.54) is 0 Å². The van der Waals surface area contributed by atoms with Gasteiger partial charge in [-0.2, -0.15) is 0 Å². The van der Waals surface area contributed by atoms with Gasteiger partial charge in [0.15, 0.2) is 3.95 Å². The maximum atomic E-state index is 12.9. The highest BCUT2D eigenvalue weighted by molar-refractivity contribution is 7.73. The highest BCUT2D eigenvalue weighted by Crippen LogP contribution is 2.34. The Labute approximate surface area is 177 Å². The Bertz CT molecular complexity index is 1090. The summed E-state index contributed by atoms with van der Waals surface area (Å²) in [5, 5.41) is 2.85. The molecule has 0 spiro atoms. The molecule has 0 aliphatic rings. The van der Waals surface area contributed by atoms with E-state index in [-0.39, 0.29) is 11.7 Å². The predicted molar refractivity (Wildman–Crippen MR) is 118 cm³/mol. The van der Waals surface area contributed by atoms with Crippen LogP contribution in [0.15, 0.2) is 42.5 Å². The topological polar surface area (TPSA) is 87.7 Å². The lowest BCUT2D eigenvalue weighted by Gasteiger charge is -2.13. The lowest BCUT2D eigenvalue weighted by Crippen LogP contribution is -2.14. The summed E-state index contributed by atoms with van der Waals surface area (Å²) in [4.78, 5) is 13.2. The maximum Gasteiger partial charge on any atom is 0.269 e. The van der Waals surface area contributed by atoms with Gasteiger partial charge < -0.3 is 25.3 Å². The van der Waals surface area contributed by atoms with Crippen molar-refractivity contribution in [2.45, 2.75) is 6.92 Å². The van der Waals surface area contributed by atoms with Crippen LogP contribution in [0.1, 0.15) is 16.6 Å². The SMILES string of the molecule is CCOc1ccccc1NC(=O)c1sc(=S)n(-c2ccc(OC)cc2OC)c1N. The molecule has 29 heavy (non-hydrogen) atoms. The number of para-hydroxylation sites is 2. The number of nitrogen functional groups attached to an aromatic ring is 1. The first-order chi connectivity index (χ1) is 14.0. The second kappa shape index (κ2) is 8.97. The fraction of sp³-hybridized carbons (Fsp3) is 0.200. The number of thiazole rings is 1. The van der Waals surface area contributed by atoms with Crippen molar-refractivity contribution in [1.29, 1.82) is 0 Å². The number of anilines is 2. The number of hydrogen-bond acceptors (Lipinski definition) is 7. The number of rotatable bonds is 7. The summed E-state index contributed by atoms with van der Waals surface area (Å²) in [6.45, 7) is 2.37. The molecular formula is C20H21N3O4S2. The average molecular weight is 432 g/mol. The summed E-state index contributed by atoms with van der Waals surface area (Å²) < 4.78 is 18.3. The van der Waals surface area contributed by atoms with Gasteiger partial charge in [0.2, 0.25) is 0 Å². The second-order valence-electron chi connectivity index (χ2n) is 5.84. The second-order valence-corrected chi connectivity index (χ2v) is 7.48. The monoisotopic (exact) mass is 431 g/mol. The minimum absolute atomic E-state index is 0.231. The fourth-order valence-corrected chi connectivity index (χ4v) is 4.02. The van der Waals surface area contributed by atoms with Crippen LogP contribution >= 0.6 is 23.6 Å². The predicted octanol–water partition coefficient (Wildman–Crippen LogP) is 4.52. The molecule has 1 aromatic heterocycles. The number of carbonyl (C=O) groups is 1. The molecule has 0 atom stereocenters. The number of methoxy groups -OCH3 is 2. The van der Waals surface area contributed by atoms with Crippen molar-refractivity contribution in [3.8, 4) is 22.9 Å². The molecule has 0 unspecified atom stereocenters. The van der Waals surface area contributed by atoms with E-state index in [0.717, 1.165) is 11.3 Å². The summed E-state index contributed by atoms with van der Waals surface area (Å²) in [7, 11) is 3.12. The lowest BCUT2D eigenvalue weighted by atomic mass is 10.2. The molecule has 3 aromatic rings. The van der Waals surface area contributed by atoms with Crippen molar-refractivity contribution in [3.63, 3.8) is 0 Å². The molecule has 3 rings (SSSR count). The van der Waals surface area contributed by atoms with Gasteiger partial charge in [0.1, 0.15) is 27.9 Å². The van der Waals surface area contributed by atoms with Gasteiger partial charge in [0.05, 0.1) is 32.2 Å². The van der Waals surface area contributed by atoms with Gasteiger partial charge in [-0.3, -0.25) is 9.36 Å². The fourth-order valence-electron chi connectivity index (χ4n) is 2.78. The van der Waals surface area contributed by atoms with Crippen LogP contribution in [0.2, 0.25) is 0 Å². The number of nitrogens with two attached hydrogens (primary N) is 1. The van der Waals surface area contributed by atoms with Crippen LogP contribution in [0.5, 0.6) is 17.2 Å². The molecule has 0 fully saturated rings. The van der Waals surface area contributed by atoms with Gasteiger partial charge in [-0.15, -0.1) is 0 Å². The van der Waals surface area contributed by atoms with Crippen LogP contribution in [-0.4, -0.2) is 31.3 Å². The molecule has 1 heterocycles. The Morgan fingerprint density at radius 2 is 1.93 bits per heavy atom. The van der Waals surface area contributed by atoms with Crippen molar-refractivity contribution >= 4 is 41.0 Å².